The molecule has 1 aromatic heterocycles. The van der Waals surface area contributed by atoms with Crippen molar-refractivity contribution in [3.63, 3.8) is 0 Å². The van der Waals surface area contributed by atoms with Crippen LogP contribution in [0.15, 0.2) is 82.4 Å². The largest absolute Gasteiger partial charge is 0.496 e. The zero-order valence-corrected chi connectivity index (χ0v) is 22.9. The summed E-state index contributed by atoms with van der Waals surface area (Å²) in [6.07, 6.45) is 0. The van der Waals surface area contributed by atoms with Gasteiger partial charge in [-0.1, -0.05) is 36.0 Å². The third kappa shape index (κ3) is 6.47. The summed E-state index contributed by atoms with van der Waals surface area (Å²) in [6, 6.07) is 20.8. The topological polar surface area (TPSA) is 144 Å². The zero-order chi connectivity index (χ0) is 28.8. The molecule has 0 radical (unpaired) electrons. The minimum Gasteiger partial charge on any atom is -0.496 e. The number of carbonyl (C=O) groups excluding carboxylic acids is 2. The molecule has 0 unspecified atom stereocenters. The Bertz CT molecular complexity index is 1550. The zero-order valence-electron chi connectivity index (χ0n) is 22.1. The lowest BCUT2D eigenvalue weighted by Crippen LogP contribution is -2.48. The number of hydrogen-bond acceptors (Lipinski definition) is 10. The average molecular weight is 575 g/mol. The van der Waals surface area contributed by atoms with E-state index in [4.69, 9.17) is 9.15 Å². The summed E-state index contributed by atoms with van der Waals surface area (Å²) in [4.78, 5) is 40.2. The second kappa shape index (κ2) is 12.5. The minimum atomic E-state index is -0.518. The lowest BCUT2D eigenvalue weighted by Gasteiger charge is -2.36. The number of benzene rings is 3. The number of ether oxygens (including phenoxy) is 1. The van der Waals surface area contributed by atoms with Crippen molar-refractivity contribution in [1.82, 2.24) is 15.1 Å². The molecule has 4 aromatic rings. The van der Waals surface area contributed by atoms with Crippen LogP contribution in [0.3, 0.4) is 0 Å². The Kier molecular flexibility index (Phi) is 8.44. The number of methoxy groups -OCH3 is 1. The van der Waals surface area contributed by atoms with E-state index in [-0.39, 0.29) is 39.9 Å². The van der Waals surface area contributed by atoms with Gasteiger partial charge in [-0.3, -0.25) is 19.7 Å². The van der Waals surface area contributed by atoms with Crippen LogP contribution >= 0.6 is 11.8 Å². The maximum Gasteiger partial charge on any atom is 0.282 e. The molecule has 13 heteroatoms. The molecule has 0 saturated carbocycles. The van der Waals surface area contributed by atoms with Crippen molar-refractivity contribution in [3.05, 3.63) is 88.5 Å². The number of nitrogens with zero attached hydrogens (tertiary/aromatic N) is 5. The van der Waals surface area contributed by atoms with Gasteiger partial charge in [0, 0.05) is 43.6 Å². The molecule has 41 heavy (non-hydrogen) atoms. The van der Waals surface area contributed by atoms with E-state index in [1.807, 2.05) is 41.3 Å². The van der Waals surface area contributed by atoms with E-state index >= 15 is 0 Å². The third-order valence-corrected chi connectivity index (χ3v) is 7.30. The summed E-state index contributed by atoms with van der Waals surface area (Å²) >= 11 is 1.04. The number of piperazine rings is 1. The normalized spacial score (nSPS) is 13.1. The monoisotopic (exact) mass is 574 g/mol. The second-order valence-electron chi connectivity index (χ2n) is 9.01. The van der Waals surface area contributed by atoms with Crippen molar-refractivity contribution in [3.8, 4) is 17.2 Å². The van der Waals surface area contributed by atoms with Crippen molar-refractivity contribution >= 4 is 40.6 Å². The number of carbonyl (C=O) groups is 2. The molecule has 1 N–H and O–H groups in total. The summed E-state index contributed by atoms with van der Waals surface area (Å²) < 4.78 is 10.9. The number of anilines is 2. The van der Waals surface area contributed by atoms with Gasteiger partial charge < -0.3 is 24.3 Å². The first-order valence-electron chi connectivity index (χ1n) is 12.7. The van der Waals surface area contributed by atoms with Gasteiger partial charge in [0.15, 0.2) is 0 Å². The van der Waals surface area contributed by atoms with Gasteiger partial charge >= 0.3 is 0 Å². The fraction of sp³-hybridized carbons (Fsp3) is 0.214. The molecule has 0 bridgehead atoms. The summed E-state index contributed by atoms with van der Waals surface area (Å²) in [5.74, 6) is 0.285. The van der Waals surface area contributed by atoms with E-state index in [9.17, 15) is 19.7 Å². The van der Waals surface area contributed by atoms with Crippen molar-refractivity contribution in [2.75, 3.05) is 49.3 Å². The van der Waals surface area contributed by atoms with Crippen molar-refractivity contribution in [2.24, 2.45) is 0 Å². The molecular weight excluding hydrogens is 548 g/mol. The van der Waals surface area contributed by atoms with Crippen LogP contribution in [0, 0.1) is 10.1 Å². The highest BCUT2D eigenvalue weighted by atomic mass is 32.2. The quantitative estimate of drug-likeness (QED) is 0.174. The van der Waals surface area contributed by atoms with Crippen LogP contribution in [-0.2, 0) is 4.79 Å². The van der Waals surface area contributed by atoms with Crippen LogP contribution in [0.4, 0.5) is 17.1 Å². The lowest BCUT2D eigenvalue weighted by molar-refractivity contribution is -0.384. The minimum absolute atomic E-state index is 0.0146. The third-order valence-electron chi connectivity index (χ3n) is 6.48. The fourth-order valence-corrected chi connectivity index (χ4v) is 4.99. The Hall–Kier alpha value is -4.91. The standard InChI is InChI=1S/C28H26N6O6S/c1-39-24-9-5-3-7-22(24)27(36)33-16-14-32(15-17-33)20-12-10-19(11-13-20)29-25(35)18-41-28-31-30-26(40-28)21-6-2-4-8-23(21)34(37)38/h2-13H,14-18H2,1H3,(H,29,35). The van der Waals surface area contributed by atoms with E-state index in [0.29, 0.717) is 43.2 Å². The predicted octanol–water partition coefficient (Wildman–Crippen LogP) is 4.35. The summed E-state index contributed by atoms with van der Waals surface area (Å²) in [5, 5.41) is 22.0. The molecule has 210 valence electrons. The highest BCUT2D eigenvalue weighted by molar-refractivity contribution is 7.99. The maximum absolute atomic E-state index is 13.0. The molecule has 1 fully saturated rings. The summed E-state index contributed by atoms with van der Waals surface area (Å²) in [5.41, 5.74) is 2.26. The Morgan fingerprint density at radius 2 is 1.71 bits per heavy atom. The smallest absolute Gasteiger partial charge is 0.282 e. The van der Waals surface area contributed by atoms with Gasteiger partial charge in [0.2, 0.25) is 5.91 Å². The number of nitrogens with one attached hydrogen (secondary N) is 1. The number of hydrogen-bond donors (Lipinski definition) is 1. The highest BCUT2D eigenvalue weighted by Gasteiger charge is 2.24. The summed E-state index contributed by atoms with van der Waals surface area (Å²) in [7, 11) is 1.56. The van der Waals surface area contributed by atoms with Crippen molar-refractivity contribution in [1.29, 1.82) is 0 Å². The number of aromatic nitrogens is 2. The molecule has 0 aliphatic carbocycles. The average Bonchev–Trinajstić information content (AvgIpc) is 3.49. The van der Waals surface area contributed by atoms with Gasteiger partial charge in [-0.25, -0.2) is 0 Å². The molecule has 2 amide bonds. The Morgan fingerprint density at radius 3 is 2.44 bits per heavy atom. The number of thioether (sulfide) groups is 1. The van der Waals surface area contributed by atoms with E-state index in [2.05, 4.69) is 20.4 Å². The first-order valence-corrected chi connectivity index (χ1v) is 13.7. The van der Waals surface area contributed by atoms with E-state index < -0.39 is 4.92 Å². The van der Waals surface area contributed by atoms with E-state index in [0.717, 1.165) is 17.4 Å². The molecule has 1 aliphatic rings. The van der Waals surface area contributed by atoms with Crippen LogP contribution in [0.5, 0.6) is 5.75 Å². The molecule has 0 spiro atoms. The Labute approximate surface area is 239 Å². The number of rotatable bonds is 9. The predicted molar refractivity (Wildman–Crippen MR) is 153 cm³/mol. The maximum atomic E-state index is 13.0. The first kappa shape index (κ1) is 27.6. The van der Waals surface area contributed by atoms with Crippen LogP contribution in [0.2, 0.25) is 0 Å². The van der Waals surface area contributed by atoms with Gasteiger partial charge in [0.25, 0.3) is 22.7 Å². The molecule has 12 nitrogen and oxygen atoms in total. The van der Waals surface area contributed by atoms with Crippen LogP contribution in [0.25, 0.3) is 11.5 Å². The van der Waals surface area contributed by atoms with Gasteiger partial charge in [0.05, 0.1) is 23.3 Å². The summed E-state index contributed by atoms with van der Waals surface area (Å²) in [6.45, 7) is 2.53. The molecule has 3 aromatic carbocycles. The van der Waals surface area contributed by atoms with Crippen LogP contribution in [-0.4, -0.2) is 70.9 Å². The Morgan fingerprint density at radius 1 is 1.00 bits per heavy atom. The first-order chi connectivity index (χ1) is 19.9. The van der Waals surface area contributed by atoms with Crippen LogP contribution < -0.4 is 15.0 Å². The van der Waals surface area contributed by atoms with Gasteiger partial charge in [-0.2, -0.15) is 0 Å². The van der Waals surface area contributed by atoms with Gasteiger partial charge in [-0.15, -0.1) is 10.2 Å². The Balaban J connectivity index is 1.11. The van der Waals surface area contributed by atoms with Crippen molar-refractivity contribution < 1.29 is 23.7 Å². The van der Waals surface area contributed by atoms with Gasteiger partial charge in [-0.05, 0) is 42.5 Å². The molecular formula is C28H26N6O6S. The van der Waals surface area contributed by atoms with E-state index in [1.165, 1.54) is 12.1 Å². The number of amides is 2. The van der Waals surface area contributed by atoms with Crippen LogP contribution in [0.1, 0.15) is 10.4 Å². The van der Waals surface area contributed by atoms with Crippen molar-refractivity contribution in [2.45, 2.75) is 5.22 Å². The molecule has 2 heterocycles. The van der Waals surface area contributed by atoms with Gasteiger partial charge in [0.1, 0.15) is 11.3 Å². The molecule has 1 aliphatic heterocycles. The second-order valence-corrected chi connectivity index (χ2v) is 9.94. The molecule has 0 atom stereocenters. The molecule has 5 rings (SSSR count). The number of nitro benzene ring substituents is 1. The number of nitro groups is 1. The SMILES string of the molecule is COc1ccccc1C(=O)N1CCN(c2ccc(NC(=O)CSc3nnc(-c4ccccc4[N+](=O)[O-])o3)cc2)CC1. The lowest BCUT2D eigenvalue weighted by atomic mass is 10.1. The van der Waals surface area contributed by atoms with E-state index in [1.54, 1.807) is 31.4 Å². The highest BCUT2D eigenvalue weighted by Crippen LogP contribution is 2.30. The number of para-hydroxylation sites is 2. The molecule has 1 saturated heterocycles. The fourth-order valence-electron chi connectivity index (χ4n) is 4.43.